The van der Waals surface area contributed by atoms with Crippen LogP contribution in [0.25, 0.3) is 0 Å². The Labute approximate surface area is 80.7 Å². The third-order valence-electron chi connectivity index (χ3n) is 0.911. The van der Waals surface area contributed by atoms with Crippen LogP contribution in [0.1, 0.15) is 6.92 Å². The fourth-order valence-corrected chi connectivity index (χ4v) is 0.230. The molecule has 0 amide bonds. The molecule has 0 saturated heterocycles. The number of aliphatic carboxylic acids is 1. The van der Waals surface area contributed by atoms with E-state index in [4.69, 9.17) is 5.26 Å². The Bertz CT molecular complexity index is 134. The molecule has 0 aromatic heterocycles. The molecule has 0 aliphatic heterocycles. The molecule has 52 valence electrons. The summed E-state index contributed by atoms with van der Waals surface area (Å²) in [6.07, 6.45) is -0.907. The summed E-state index contributed by atoms with van der Waals surface area (Å²) >= 11 is 0. The van der Waals surface area contributed by atoms with Gasteiger partial charge in [-0.15, -0.1) is 0 Å². The zero-order valence-corrected chi connectivity index (χ0v) is 7.96. The van der Waals surface area contributed by atoms with Gasteiger partial charge < -0.3 is 9.90 Å². The molecule has 0 aliphatic rings. The second-order valence-electron chi connectivity index (χ2n) is 1.56. The maximum Gasteiger partial charge on any atom is 1.00 e. The first kappa shape index (κ1) is 12.8. The summed E-state index contributed by atoms with van der Waals surface area (Å²) in [6.45, 7) is 4.42. The fourth-order valence-electron chi connectivity index (χ4n) is 0.230. The molecule has 0 radical (unpaired) electrons. The van der Waals surface area contributed by atoms with Gasteiger partial charge in [0.05, 0.1) is 5.97 Å². The number of rotatable bonds is 3. The van der Waals surface area contributed by atoms with Crippen LogP contribution in [0, 0.1) is 0 Å². The minimum atomic E-state index is -1.42. The maximum atomic E-state index is 9.90. The SMILES string of the molecule is C=C(C(=O)[O-])C(C)OO.[Na+]. The Morgan fingerprint density at radius 3 is 2.30 bits per heavy atom. The van der Waals surface area contributed by atoms with E-state index >= 15 is 0 Å². The van der Waals surface area contributed by atoms with Crippen LogP contribution in [0.3, 0.4) is 0 Å². The van der Waals surface area contributed by atoms with E-state index in [1.165, 1.54) is 6.92 Å². The van der Waals surface area contributed by atoms with Gasteiger partial charge in [-0.25, -0.2) is 4.89 Å². The van der Waals surface area contributed by atoms with Crippen molar-refractivity contribution in [1.82, 2.24) is 0 Å². The molecule has 0 rings (SSSR count). The molecule has 0 spiro atoms. The van der Waals surface area contributed by atoms with Crippen molar-refractivity contribution in [2.24, 2.45) is 0 Å². The standard InChI is InChI=1S/C5H8O4.Na/c1-3(5(6)7)4(2)9-8;/h4,8H,1H2,2H3,(H,6,7);/q;+1/p-1. The van der Waals surface area contributed by atoms with E-state index in [-0.39, 0.29) is 35.1 Å². The molecule has 4 nitrogen and oxygen atoms in total. The molecule has 0 heterocycles. The molecule has 1 unspecified atom stereocenters. The van der Waals surface area contributed by atoms with Crippen LogP contribution < -0.4 is 34.7 Å². The summed E-state index contributed by atoms with van der Waals surface area (Å²) in [5.41, 5.74) is -0.280. The van der Waals surface area contributed by atoms with Gasteiger partial charge in [0.1, 0.15) is 6.10 Å². The molecular formula is C5H7NaO4. The second-order valence-corrected chi connectivity index (χ2v) is 1.56. The number of carboxylic acids is 1. The van der Waals surface area contributed by atoms with Crippen molar-refractivity contribution in [2.45, 2.75) is 13.0 Å². The van der Waals surface area contributed by atoms with Crippen LogP contribution in [0.15, 0.2) is 12.2 Å². The van der Waals surface area contributed by atoms with Gasteiger partial charge >= 0.3 is 29.6 Å². The topological polar surface area (TPSA) is 69.6 Å². The monoisotopic (exact) mass is 154 g/mol. The number of carbonyl (C=O) groups excluding carboxylic acids is 1. The van der Waals surface area contributed by atoms with Crippen LogP contribution in [-0.4, -0.2) is 17.3 Å². The molecular weight excluding hydrogens is 147 g/mol. The summed E-state index contributed by atoms with van der Waals surface area (Å²) in [5, 5.41) is 17.8. The molecule has 1 atom stereocenters. The number of carbonyl (C=O) groups is 1. The number of carboxylic acid groups (broad SMARTS) is 1. The predicted molar refractivity (Wildman–Crippen MR) is 27.3 cm³/mol. The molecule has 5 heteroatoms. The van der Waals surface area contributed by atoms with Gasteiger partial charge in [0.15, 0.2) is 0 Å². The average molecular weight is 154 g/mol. The molecule has 1 N–H and O–H groups in total. The summed E-state index contributed by atoms with van der Waals surface area (Å²) in [4.78, 5) is 13.6. The fraction of sp³-hybridized carbons (Fsp3) is 0.400. The van der Waals surface area contributed by atoms with E-state index in [2.05, 4.69) is 11.5 Å². The zero-order chi connectivity index (χ0) is 7.44. The van der Waals surface area contributed by atoms with Gasteiger partial charge in [0.2, 0.25) is 0 Å². The van der Waals surface area contributed by atoms with Gasteiger partial charge in [-0.2, -0.15) is 0 Å². The van der Waals surface area contributed by atoms with Crippen molar-refractivity contribution in [3.05, 3.63) is 12.2 Å². The minimum Gasteiger partial charge on any atom is -0.545 e. The first-order valence-electron chi connectivity index (χ1n) is 2.30. The van der Waals surface area contributed by atoms with Crippen LogP contribution in [0.5, 0.6) is 0 Å². The van der Waals surface area contributed by atoms with Crippen molar-refractivity contribution in [2.75, 3.05) is 0 Å². The van der Waals surface area contributed by atoms with E-state index in [0.717, 1.165) is 0 Å². The summed E-state index contributed by atoms with van der Waals surface area (Å²) in [7, 11) is 0. The maximum absolute atomic E-state index is 9.90. The number of hydrogen-bond donors (Lipinski definition) is 1. The van der Waals surface area contributed by atoms with E-state index in [1.54, 1.807) is 0 Å². The normalized spacial score (nSPS) is 11.4. The van der Waals surface area contributed by atoms with Crippen LogP contribution >= 0.6 is 0 Å². The van der Waals surface area contributed by atoms with E-state index in [1.807, 2.05) is 0 Å². The van der Waals surface area contributed by atoms with Gasteiger partial charge in [0, 0.05) is 0 Å². The Hall–Kier alpha value is 0.130. The van der Waals surface area contributed by atoms with Crippen molar-refractivity contribution in [1.29, 1.82) is 0 Å². The van der Waals surface area contributed by atoms with E-state index in [0.29, 0.717) is 0 Å². The van der Waals surface area contributed by atoms with E-state index < -0.39 is 12.1 Å². The Morgan fingerprint density at radius 1 is 1.80 bits per heavy atom. The summed E-state index contributed by atoms with van der Waals surface area (Å²) in [5.74, 6) is -1.42. The Morgan fingerprint density at radius 2 is 2.20 bits per heavy atom. The van der Waals surface area contributed by atoms with Gasteiger partial charge in [0.25, 0.3) is 0 Å². The molecule has 0 aromatic carbocycles. The zero-order valence-electron chi connectivity index (χ0n) is 5.96. The predicted octanol–water partition coefficient (Wildman–Crippen LogP) is -3.83. The number of hydrogen-bond acceptors (Lipinski definition) is 4. The van der Waals surface area contributed by atoms with Crippen LogP contribution in [0.2, 0.25) is 0 Å². The van der Waals surface area contributed by atoms with Crippen molar-refractivity contribution in [3.8, 4) is 0 Å². The van der Waals surface area contributed by atoms with Gasteiger partial charge in [-0.3, -0.25) is 5.26 Å². The largest absolute Gasteiger partial charge is 1.00 e. The minimum absolute atomic E-state index is 0. The third kappa shape index (κ3) is 4.03. The Balaban J connectivity index is 0. The van der Waals surface area contributed by atoms with Crippen LogP contribution in [0.4, 0.5) is 0 Å². The van der Waals surface area contributed by atoms with Gasteiger partial charge in [-0.05, 0) is 12.5 Å². The first-order valence-corrected chi connectivity index (χ1v) is 2.30. The molecule has 0 bridgehead atoms. The quantitative estimate of drug-likeness (QED) is 0.196. The Kier molecular flexibility index (Phi) is 7.51. The third-order valence-corrected chi connectivity index (χ3v) is 0.911. The molecule has 0 aliphatic carbocycles. The molecule has 0 aromatic rings. The van der Waals surface area contributed by atoms with Crippen molar-refractivity contribution < 1.29 is 49.6 Å². The summed E-state index contributed by atoms with van der Waals surface area (Å²) in [6, 6.07) is 0. The second kappa shape index (κ2) is 5.88. The van der Waals surface area contributed by atoms with Crippen molar-refractivity contribution in [3.63, 3.8) is 0 Å². The molecule has 0 saturated carbocycles. The molecule has 10 heavy (non-hydrogen) atoms. The van der Waals surface area contributed by atoms with Crippen LogP contribution in [-0.2, 0) is 9.68 Å². The smallest absolute Gasteiger partial charge is 0.545 e. The van der Waals surface area contributed by atoms with Gasteiger partial charge in [-0.1, -0.05) is 6.58 Å². The average Bonchev–Trinajstić information content (AvgIpc) is 1.84. The van der Waals surface area contributed by atoms with E-state index in [9.17, 15) is 9.90 Å². The molecule has 0 fully saturated rings. The first-order chi connectivity index (χ1) is 4.09. The van der Waals surface area contributed by atoms with Crippen molar-refractivity contribution >= 4 is 5.97 Å². The summed E-state index contributed by atoms with van der Waals surface area (Å²) < 4.78 is 0.